The van der Waals surface area contributed by atoms with Crippen LogP contribution in [0.15, 0.2) is 54.7 Å². The van der Waals surface area contributed by atoms with Gasteiger partial charge in [-0.1, -0.05) is 30.3 Å². The molecule has 1 aliphatic heterocycles. The summed E-state index contributed by atoms with van der Waals surface area (Å²) in [6.45, 7) is 0.546. The highest BCUT2D eigenvalue weighted by molar-refractivity contribution is 5.97. The van der Waals surface area contributed by atoms with Crippen LogP contribution in [0.1, 0.15) is 22.5 Å². The van der Waals surface area contributed by atoms with Crippen molar-refractivity contribution in [3.63, 3.8) is 0 Å². The number of carbonyl (C=O) groups excluding carboxylic acids is 2. The first-order valence-electron chi connectivity index (χ1n) is 11.1. The molecule has 8 nitrogen and oxygen atoms in total. The van der Waals surface area contributed by atoms with Crippen molar-refractivity contribution in [2.24, 2.45) is 12.8 Å². The number of amides is 2. The average Bonchev–Trinajstić information content (AvgIpc) is 3.40. The second-order valence-corrected chi connectivity index (χ2v) is 8.56. The monoisotopic (exact) mass is 494 g/mol. The topological polar surface area (TPSA) is 115 Å². The summed E-state index contributed by atoms with van der Waals surface area (Å²) in [7, 11) is 1.70. The van der Waals surface area contributed by atoms with Gasteiger partial charge in [0.05, 0.1) is 5.56 Å². The lowest BCUT2D eigenvalue weighted by Crippen LogP contribution is -2.30. The van der Waals surface area contributed by atoms with Crippen molar-refractivity contribution >= 4 is 28.5 Å². The Balaban J connectivity index is 1.49. The summed E-state index contributed by atoms with van der Waals surface area (Å²) >= 11 is 0. The highest BCUT2D eigenvalue weighted by Gasteiger charge is 2.31. The van der Waals surface area contributed by atoms with E-state index in [4.69, 9.17) is 5.73 Å². The van der Waals surface area contributed by atoms with E-state index in [1.54, 1.807) is 42.1 Å². The fourth-order valence-corrected chi connectivity index (χ4v) is 4.28. The summed E-state index contributed by atoms with van der Waals surface area (Å²) in [5.41, 5.74) is 7.37. The third-order valence-electron chi connectivity index (χ3n) is 6.12. The Bertz CT molecular complexity index is 1490. The molecule has 4 N–H and O–H groups in total. The van der Waals surface area contributed by atoms with Crippen LogP contribution in [-0.2, 0) is 18.0 Å². The van der Waals surface area contributed by atoms with Crippen LogP contribution in [0.5, 0.6) is 0 Å². The van der Waals surface area contributed by atoms with E-state index in [1.165, 1.54) is 12.1 Å². The number of aryl methyl sites for hydroxylation is 1. The molecule has 5 rings (SSSR count). The van der Waals surface area contributed by atoms with E-state index in [9.17, 15) is 22.8 Å². The number of nitrogens with two attached hydrogens (primary N) is 1. The number of nitrogens with zero attached hydrogens (tertiary/aromatic N) is 3. The molecule has 3 heterocycles. The maximum Gasteiger partial charge on any atom is 0.416 e. The molecule has 0 spiro atoms. The summed E-state index contributed by atoms with van der Waals surface area (Å²) in [6.07, 6.45) is -2.07. The predicted octanol–water partition coefficient (Wildman–Crippen LogP) is 3.72. The smallest absolute Gasteiger partial charge is 0.364 e. The van der Waals surface area contributed by atoms with Gasteiger partial charge in [-0.25, -0.2) is 9.97 Å². The number of nitrogens with one attached hydrogen (secondary N) is 2. The number of hydrogen-bond donors (Lipinski definition) is 3. The molecule has 0 radical (unpaired) electrons. The van der Waals surface area contributed by atoms with E-state index in [1.807, 2.05) is 0 Å². The van der Waals surface area contributed by atoms with Crippen LogP contribution in [0.25, 0.3) is 33.4 Å². The highest BCUT2D eigenvalue weighted by atomic mass is 19.4. The maximum atomic E-state index is 13.1. The second-order valence-electron chi connectivity index (χ2n) is 8.56. The van der Waals surface area contributed by atoms with Crippen molar-refractivity contribution in [1.82, 2.24) is 19.9 Å². The third kappa shape index (κ3) is 4.35. The molecule has 0 saturated carbocycles. The number of halogens is 3. The first kappa shape index (κ1) is 23.3. The molecule has 2 amide bonds. The van der Waals surface area contributed by atoms with E-state index in [0.29, 0.717) is 35.2 Å². The molecular weight excluding hydrogens is 473 g/mol. The van der Waals surface area contributed by atoms with Gasteiger partial charge in [0.1, 0.15) is 17.6 Å². The minimum absolute atomic E-state index is 0.000459. The zero-order valence-electron chi connectivity index (χ0n) is 19.1. The van der Waals surface area contributed by atoms with E-state index < -0.39 is 23.7 Å². The number of aromatic nitrogens is 3. The van der Waals surface area contributed by atoms with Crippen molar-refractivity contribution in [3.05, 3.63) is 66.0 Å². The van der Waals surface area contributed by atoms with Crippen molar-refractivity contribution in [2.75, 3.05) is 11.9 Å². The molecule has 11 heteroatoms. The minimum Gasteiger partial charge on any atom is -0.364 e. The number of benzene rings is 2. The average molecular weight is 494 g/mol. The zero-order valence-corrected chi connectivity index (χ0v) is 19.1. The van der Waals surface area contributed by atoms with Crippen LogP contribution in [0.3, 0.4) is 0 Å². The van der Waals surface area contributed by atoms with Gasteiger partial charge in [0.25, 0.3) is 5.91 Å². The number of rotatable bonds is 5. The molecule has 0 aliphatic carbocycles. The van der Waals surface area contributed by atoms with Crippen molar-refractivity contribution in [1.29, 1.82) is 0 Å². The normalized spacial score (nSPS) is 15.8. The van der Waals surface area contributed by atoms with Gasteiger partial charge in [0, 0.05) is 47.9 Å². The van der Waals surface area contributed by atoms with Crippen molar-refractivity contribution < 1.29 is 22.8 Å². The Labute approximate surface area is 203 Å². The number of primary amides is 1. The molecule has 4 aromatic rings. The lowest BCUT2D eigenvalue weighted by atomic mass is 10.0. The lowest BCUT2D eigenvalue weighted by molar-refractivity contribution is -0.137. The first-order valence-corrected chi connectivity index (χ1v) is 11.1. The Morgan fingerprint density at radius 1 is 1.11 bits per heavy atom. The van der Waals surface area contributed by atoms with E-state index >= 15 is 0 Å². The van der Waals surface area contributed by atoms with E-state index in [2.05, 4.69) is 20.6 Å². The Morgan fingerprint density at radius 2 is 1.83 bits per heavy atom. The van der Waals surface area contributed by atoms with Gasteiger partial charge in [-0.15, -0.1) is 0 Å². The number of anilines is 1. The standard InChI is InChI=1S/C25H21F3N6O2/c1-34-12-17(16-7-6-15(10-20(16)34)25(26,27)28)13-2-4-14(5-3-13)23-32-19(22(29)35)11-21(33-23)31-18-8-9-30-24(18)36/h2-7,10-12,18H,8-9H2,1H3,(H2,29,35)(H,30,36)(H,31,32,33)/t18-/m0/s1. The fraction of sp³-hybridized carbons (Fsp3) is 0.200. The van der Waals surface area contributed by atoms with Gasteiger partial charge >= 0.3 is 6.18 Å². The summed E-state index contributed by atoms with van der Waals surface area (Å²) in [6, 6.07) is 11.7. The summed E-state index contributed by atoms with van der Waals surface area (Å²) < 4.78 is 41.1. The Morgan fingerprint density at radius 3 is 2.47 bits per heavy atom. The molecule has 184 valence electrons. The minimum atomic E-state index is -4.42. The largest absolute Gasteiger partial charge is 0.416 e. The molecule has 0 bridgehead atoms. The summed E-state index contributed by atoms with van der Waals surface area (Å²) in [4.78, 5) is 32.5. The first-order chi connectivity index (χ1) is 17.1. The van der Waals surface area contributed by atoms with Gasteiger partial charge in [0.15, 0.2) is 5.82 Å². The molecule has 1 atom stereocenters. The lowest BCUT2D eigenvalue weighted by Gasteiger charge is -2.13. The van der Waals surface area contributed by atoms with Gasteiger partial charge in [-0.2, -0.15) is 13.2 Å². The quantitative estimate of drug-likeness (QED) is 0.391. The van der Waals surface area contributed by atoms with Gasteiger partial charge in [-0.3, -0.25) is 9.59 Å². The van der Waals surface area contributed by atoms with Crippen LogP contribution >= 0.6 is 0 Å². The number of carbonyl (C=O) groups is 2. The van der Waals surface area contributed by atoms with Gasteiger partial charge in [-0.05, 0) is 24.1 Å². The van der Waals surface area contributed by atoms with Crippen molar-refractivity contribution in [2.45, 2.75) is 18.6 Å². The third-order valence-corrected chi connectivity index (χ3v) is 6.12. The van der Waals surface area contributed by atoms with Gasteiger partial charge < -0.3 is 20.9 Å². The molecule has 2 aromatic carbocycles. The Hall–Kier alpha value is -4.41. The van der Waals surface area contributed by atoms with Gasteiger partial charge in [0.2, 0.25) is 5.91 Å². The van der Waals surface area contributed by atoms with E-state index in [0.717, 1.165) is 23.3 Å². The van der Waals surface area contributed by atoms with Crippen molar-refractivity contribution in [3.8, 4) is 22.5 Å². The van der Waals surface area contributed by atoms with Crippen LogP contribution in [0.4, 0.5) is 19.0 Å². The molecular formula is C25H21F3N6O2. The van der Waals surface area contributed by atoms with Crippen LogP contribution in [0, 0.1) is 0 Å². The zero-order chi connectivity index (χ0) is 25.6. The molecule has 1 aliphatic rings. The summed E-state index contributed by atoms with van der Waals surface area (Å²) in [5, 5.41) is 6.43. The van der Waals surface area contributed by atoms with Crippen LogP contribution in [0.2, 0.25) is 0 Å². The summed E-state index contributed by atoms with van der Waals surface area (Å²) in [5.74, 6) is -0.346. The van der Waals surface area contributed by atoms with Crippen LogP contribution in [-0.4, -0.2) is 38.9 Å². The number of fused-ring (bicyclic) bond motifs is 1. The number of alkyl halides is 3. The molecule has 2 aromatic heterocycles. The molecule has 1 fully saturated rings. The second kappa shape index (κ2) is 8.67. The molecule has 0 unspecified atom stereocenters. The fourth-order valence-electron chi connectivity index (χ4n) is 4.28. The Kier molecular flexibility index (Phi) is 5.62. The number of hydrogen-bond acceptors (Lipinski definition) is 5. The highest BCUT2D eigenvalue weighted by Crippen LogP contribution is 2.36. The molecule has 36 heavy (non-hydrogen) atoms. The molecule has 1 saturated heterocycles. The predicted molar refractivity (Wildman–Crippen MR) is 128 cm³/mol. The van der Waals surface area contributed by atoms with Crippen LogP contribution < -0.4 is 16.4 Å². The maximum absolute atomic E-state index is 13.1. The SMILES string of the molecule is Cn1cc(-c2ccc(-c3nc(N[C@H]4CCNC4=O)cc(C(N)=O)n3)cc2)c2ccc(C(F)(F)F)cc21. The van der Waals surface area contributed by atoms with E-state index in [-0.39, 0.29) is 17.4 Å².